The molecule has 2 rings (SSSR count). The Labute approximate surface area is 120 Å². The topological polar surface area (TPSA) is 55.6 Å². The number of ether oxygens (including phenoxy) is 1. The van der Waals surface area contributed by atoms with Gasteiger partial charge in [0.05, 0.1) is 13.5 Å². The summed E-state index contributed by atoms with van der Waals surface area (Å²) in [5.41, 5.74) is 6.87. The van der Waals surface area contributed by atoms with Crippen LogP contribution in [0.3, 0.4) is 0 Å². The maximum atomic E-state index is 12.1. The van der Waals surface area contributed by atoms with Gasteiger partial charge in [0.2, 0.25) is 5.91 Å². The van der Waals surface area contributed by atoms with E-state index in [2.05, 4.69) is 0 Å². The summed E-state index contributed by atoms with van der Waals surface area (Å²) >= 11 is 0. The molecule has 0 saturated carbocycles. The molecule has 1 heterocycles. The molecule has 1 amide bonds. The Balaban J connectivity index is 0.00000180. The van der Waals surface area contributed by atoms with Crippen molar-refractivity contribution >= 4 is 18.3 Å². The first-order valence-electron chi connectivity index (χ1n) is 6.35. The third-order valence-corrected chi connectivity index (χ3v) is 3.30. The maximum Gasteiger partial charge on any atom is 0.227 e. The van der Waals surface area contributed by atoms with Gasteiger partial charge in [-0.1, -0.05) is 12.1 Å². The van der Waals surface area contributed by atoms with Crippen molar-refractivity contribution in [2.45, 2.75) is 25.3 Å². The van der Waals surface area contributed by atoms with Gasteiger partial charge in [-0.25, -0.2) is 0 Å². The van der Waals surface area contributed by atoms with E-state index in [1.165, 1.54) is 0 Å². The predicted octanol–water partition coefficient (Wildman–Crippen LogP) is 1.61. The molecule has 2 N–H and O–H groups in total. The lowest BCUT2D eigenvalue weighted by atomic mass is 10.0. The second kappa shape index (κ2) is 7.36. The predicted molar refractivity (Wildman–Crippen MR) is 77.7 cm³/mol. The monoisotopic (exact) mass is 284 g/mol. The summed E-state index contributed by atoms with van der Waals surface area (Å²) in [5, 5.41) is 0. The molecule has 1 unspecified atom stereocenters. The highest BCUT2D eigenvalue weighted by Gasteiger charge is 2.21. The molecule has 106 valence electrons. The first kappa shape index (κ1) is 15.8. The van der Waals surface area contributed by atoms with Crippen LogP contribution >= 0.6 is 12.4 Å². The molecule has 5 heteroatoms. The van der Waals surface area contributed by atoms with Crippen LogP contribution in [-0.4, -0.2) is 37.0 Å². The number of hydrogen-bond acceptors (Lipinski definition) is 3. The highest BCUT2D eigenvalue weighted by atomic mass is 35.5. The number of amides is 1. The second-order valence-corrected chi connectivity index (χ2v) is 4.77. The van der Waals surface area contributed by atoms with Gasteiger partial charge in [0.15, 0.2) is 0 Å². The van der Waals surface area contributed by atoms with E-state index < -0.39 is 0 Å². The average Bonchev–Trinajstić information content (AvgIpc) is 2.39. The zero-order valence-electron chi connectivity index (χ0n) is 11.2. The molecule has 0 radical (unpaired) electrons. The number of piperidine rings is 1. The minimum Gasteiger partial charge on any atom is -0.497 e. The smallest absolute Gasteiger partial charge is 0.227 e. The average molecular weight is 285 g/mol. The van der Waals surface area contributed by atoms with Crippen molar-refractivity contribution in [3.05, 3.63) is 29.8 Å². The van der Waals surface area contributed by atoms with Crippen LogP contribution in [0.1, 0.15) is 18.4 Å². The summed E-state index contributed by atoms with van der Waals surface area (Å²) in [6.45, 7) is 1.51. The van der Waals surface area contributed by atoms with Gasteiger partial charge in [-0.05, 0) is 30.5 Å². The van der Waals surface area contributed by atoms with Crippen molar-refractivity contribution in [2.75, 3.05) is 20.2 Å². The van der Waals surface area contributed by atoms with Gasteiger partial charge in [0.25, 0.3) is 0 Å². The Morgan fingerprint density at radius 2 is 2.32 bits per heavy atom. The van der Waals surface area contributed by atoms with Gasteiger partial charge in [-0.15, -0.1) is 12.4 Å². The van der Waals surface area contributed by atoms with Crippen LogP contribution in [-0.2, 0) is 11.2 Å². The van der Waals surface area contributed by atoms with Crippen LogP contribution in [0.5, 0.6) is 5.75 Å². The molecule has 1 fully saturated rings. The zero-order chi connectivity index (χ0) is 13.0. The Bertz CT molecular complexity index is 426. The number of methoxy groups -OCH3 is 1. The fraction of sp³-hybridized carbons (Fsp3) is 0.500. The molecule has 0 spiro atoms. The highest BCUT2D eigenvalue weighted by molar-refractivity contribution is 5.85. The molecule has 1 aliphatic heterocycles. The fourth-order valence-electron chi connectivity index (χ4n) is 2.31. The van der Waals surface area contributed by atoms with E-state index in [9.17, 15) is 4.79 Å². The van der Waals surface area contributed by atoms with Crippen molar-refractivity contribution in [3.63, 3.8) is 0 Å². The van der Waals surface area contributed by atoms with Gasteiger partial charge >= 0.3 is 0 Å². The van der Waals surface area contributed by atoms with Gasteiger partial charge in [0, 0.05) is 19.1 Å². The summed E-state index contributed by atoms with van der Waals surface area (Å²) in [6.07, 6.45) is 2.44. The first-order chi connectivity index (χ1) is 8.69. The van der Waals surface area contributed by atoms with E-state index in [0.717, 1.165) is 30.7 Å². The molecule has 1 aromatic rings. The third kappa shape index (κ3) is 4.40. The van der Waals surface area contributed by atoms with Gasteiger partial charge < -0.3 is 15.4 Å². The number of rotatable bonds is 3. The number of halogens is 1. The molecule has 1 aromatic carbocycles. The van der Waals surface area contributed by atoms with Gasteiger partial charge in [-0.2, -0.15) is 0 Å². The SMILES string of the molecule is COc1cccc(CC(=O)N2CCCC(N)C2)c1.Cl. The van der Waals surface area contributed by atoms with E-state index in [0.29, 0.717) is 13.0 Å². The van der Waals surface area contributed by atoms with Crippen molar-refractivity contribution < 1.29 is 9.53 Å². The Hall–Kier alpha value is -1.26. The molecule has 0 aromatic heterocycles. The molecule has 1 aliphatic rings. The van der Waals surface area contributed by atoms with Crippen LogP contribution in [0.25, 0.3) is 0 Å². The molecule has 4 nitrogen and oxygen atoms in total. The second-order valence-electron chi connectivity index (χ2n) is 4.77. The third-order valence-electron chi connectivity index (χ3n) is 3.30. The summed E-state index contributed by atoms with van der Waals surface area (Å²) in [4.78, 5) is 14.0. The van der Waals surface area contributed by atoms with Crippen molar-refractivity contribution in [1.29, 1.82) is 0 Å². The lowest BCUT2D eigenvalue weighted by Gasteiger charge is -2.30. The number of carbonyl (C=O) groups excluding carboxylic acids is 1. The Kier molecular flexibility index (Phi) is 6.12. The lowest BCUT2D eigenvalue weighted by Crippen LogP contribution is -2.46. The normalized spacial score (nSPS) is 18.6. The summed E-state index contributed by atoms with van der Waals surface area (Å²) in [6, 6.07) is 7.77. The van der Waals surface area contributed by atoms with Crippen LogP contribution < -0.4 is 10.5 Å². The minimum atomic E-state index is 0. The van der Waals surface area contributed by atoms with E-state index >= 15 is 0 Å². The molecule has 0 aliphatic carbocycles. The Morgan fingerprint density at radius 3 is 3.00 bits per heavy atom. The van der Waals surface area contributed by atoms with Gasteiger partial charge in [-0.3, -0.25) is 4.79 Å². The number of hydrogen-bond donors (Lipinski definition) is 1. The maximum absolute atomic E-state index is 12.1. The largest absolute Gasteiger partial charge is 0.497 e. The number of nitrogens with two attached hydrogens (primary N) is 1. The molecule has 1 atom stereocenters. The molecule has 0 bridgehead atoms. The first-order valence-corrected chi connectivity index (χ1v) is 6.35. The van der Waals surface area contributed by atoms with E-state index in [1.807, 2.05) is 29.2 Å². The number of nitrogens with zero attached hydrogens (tertiary/aromatic N) is 1. The molecular weight excluding hydrogens is 264 g/mol. The summed E-state index contributed by atoms with van der Waals surface area (Å²) in [7, 11) is 1.63. The quantitative estimate of drug-likeness (QED) is 0.917. The number of carbonyl (C=O) groups is 1. The lowest BCUT2D eigenvalue weighted by molar-refractivity contribution is -0.131. The van der Waals surface area contributed by atoms with E-state index in [4.69, 9.17) is 10.5 Å². The fourth-order valence-corrected chi connectivity index (χ4v) is 2.31. The van der Waals surface area contributed by atoms with Crippen LogP contribution in [0, 0.1) is 0 Å². The van der Waals surface area contributed by atoms with Crippen molar-refractivity contribution in [1.82, 2.24) is 4.90 Å². The van der Waals surface area contributed by atoms with Crippen molar-refractivity contribution in [2.24, 2.45) is 5.73 Å². The van der Waals surface area contributed by atoms with E-state index in [1.54, 1.807) is 7.11 Å². The number of likely N-dealkylation sites (tertiary alicyclic amines) is 1. The standard InChI is InChI=1S/C14H20N2O2.ClH/c1-18-13-6-2-4-11(8-13)9-14(17)16-7-3-5-12(15)10-16;/h2,4,6,8,12H,3,5,7,9-10,15H2,1H3;1H. The molecular formula is C14H21ClN2O2. The van der Waals surface area contributed by atoms with Gasteiger partial charge in [0.1, 0.15) is 5.75 Å². The highest BCUT2D eigenvalue weighted by Crippen LogP contribution is 2.15. The molecule has 19 heavy (non-hydrogen) atoms. The zero-order valence-corrected chi connectivity index (χ0v) is 12.0. The van der Waals surface area contributed by atoms with E-state index in [-0.39, 0.29) is 24.4 Å². The Morgan fingerprint density at radius 1 is 1.53 bits per heavy atom. The molecule has 1 saturated heterocycles. The number of benzene rings is 1. The van der Waals surface area contributed by atoms with Crippen LogP contribution in [0.15, 0.2) is 24.3 Å². The minimum absolute atomic E-state index is 0. The van der Waals surface area contributed by atoms with Crippen molar-refractivity contribution in [3.8, 4) is 5.75 Å². The van der Waals surface area contributed by atoms with Crippen LogP contribution in [0.4, 0.5) is 0 Å². The summed E-state index contributed by atoms with van der Waals surface area (Å²) in [5.74, 6) is 0.939. The van der Waals surface area contributed by atoms with Crippen LogP contribution in [0.2, 0.25) is 0 Å². The summed E-state index contributed by atoms with van der Waals surface area (Å²) < 4.78 is 5.15.